The van der Waals surface area contributed by atoms with E-state index in [9.17, 15) is 13.2 Å². The van der Waals surface area contributed by atoms with E-state index >= 15 is 0 Å². The number of sulfone groups is 1. The normalized spacial score (nSPS) is 30.3. The summed E-state index contributed by atoms with van der Waals surface area (Å²) in [5.74, 6) is 0.401. The minimum Gasteiger partial charge on any atom is -0.338 e. The summed E-state index contributed by atoms with van der Waals surface area (Å²) in [5.41, 5.74) is 0. The molecule has 2 aliphatic heterocycles. The van der Waals surface area contributed by atoms with Crippen LogP contribution in [0.4, 0.5) is 0 Å². The van der Waals surface area contributed by atoms with Gasteiger partial charge in [0, 0.05) is 38.3 Å². The van der Waals surface area contributed by atoms with Gasteiger partial charge in [0.05, 0.1) is 18.1 Å². The first-order valence-electron chi connectivity index (χ1n) is 7.37. The second-order valence-corrected chi connectivity index (χ2v) is 7.99. The fourth-order valence-corrected chi connectivity index (χ4v) is 4.77. The van der Waals surface area contributed by atoms with Crippen LogP contribution in [0.25, 0.3) is 0 Å². The Morgan fingerprint density at radius 2 is 2.20 bits per heavy atom. The Kier molecular flexibility index (Phi) is 5.04. The van der Waals surface area contributed by atoms with Crippen LogP contribution >= 0.6 is 0 Å². The molecular formula is C13H25N3O3S. The van der Waals surface area contributed by atoms with Crippen LogP contribution < -0.4 is 5.32 Å². The SMILES string of the molecule is CCN(C(=O)CN1CCNCC1C)C1CCS(=O)(=O)C1. The van der Waals surface area contributed by atoms with Crippen molar-refractivity contribution in [2.45, 2.75) is 32.4 Å². The number of nitrogens with zero attached hydrogens (tertiary/aromatic N) is 2. The van der Waals surface area contributed by atoms with E-state index < -0.39 is 9.84 Å². The molecule has 2 heterocycles. The molecule has 0 saturated carbocycles. The summed E-state index contributed by atoms with van der Waals surface area (Å²) in [4.78, 5) is 16.4. The molecule has 2 unspecified atom stereocenters. The topological polar surface area (TPSA) is 69.7 Å². The third kappa shape index (κ3) is 3.71. The highest BCUT2D eigenvalue weighted by molar-refractivity contribution is 7.91. The number of carbonyl (C=O) groups is 1. The molecule has 1 N–H and O–H groups in total. The largest absolute Gasteiger partial charge is 0.338 e. The summed E-state index contributed by atoms with van der Waals surface area (Å²) in [5, 5.41) is 3.30. The molecular weight excluding hydrogens is 278 g/mol. The van der Waals surface area contributed by atoms with E-state index in [1.54, 1.807) is 4.90 Å². The van der Waals surface area contributed by atoms with Crippen LogP contribution in [-0.4, -0.2) is 80.4 Å². The molecule has 6 nitrogen and oxygen atoms in total. The zero-order valence-corrected chi connectivity index (χ0v) is 13.2. The van der Waals surface area contributed by atoms with Crippen molar-refractivity contribution in [2.75, 3.05) is 44.2 Å². The first kappa shape index (κ1) is 15.7. The van der Waals surface area contributed by atoms with Gasteiger partial charge in [-0.25, -0.2) is 8.42 Å². The van der Waals surface area contributed by atoms with Gasteiger partial charge >= 0.3 is 0 Å². The Labute approximate surface area is 121 Å². The third-order valence-corrected chi connectivity index (χ3v) is 6.04. The number of piperazine rings is 1. The molecule has 2 aliphatic rings. The zero-order valence-electron chi connectivity index (χ0n) is 12.3. The monoisotopic (exact) mass is 303 g/mol. The summed E-state index contributed by atoms with van der Waals surface area (Å²) < 4.78 is 23.1. The summed E-state index contributed by atoms with van der Waals surface area (Å²) >= 11 is 0. The van der Waals surface area contributed by atoms with Crippen molar-refractivity contribution in [3.05, 3.63) is 0 Å². The number of nitrogens with one attached hydrogen (secondary N) is 1. The molecule has 2 rings (SSSR count). The van der Waals surface area contributed by atoms with E-state index in [1.807, 2.05) is 6.92 Å². The standard InChI is InChI=1S/C13H25N3O3S/c1-3-16(12-4-7-20(18,19)10-12)13(17)9-15-6-5-14-8-11(15)2/h11-12,14H,3-10H2,1-2H3. The molecule has 0 aromatic carbocycles. The Bertz CT molecular complexity index is 452. The van der Waals surface area contributed by atoms with Crippen molar-refractivity contribution in [3.8, 4) is 0 Å². The number of likely N-dealkylation sites (N-methyl/N-ethyl adjacent to an activating group) is 1. The lowest BCUT2D eigenvalue weighted by molar-refractivity contribution is -0.134. The van der Waals surface area contributed by atoms with Gasteiger partial charge < -0.3 is 10.2 Å². The van der Waals surface area contributed by atoms with Gasteiger partial charge in [0.25, 0.3) is 0 Å². The molecule has 0 radical (unpaired) electrons. The van der Waals surface area contributed by atoms with Crippen LogP contribution in [0.5, 0.6) is 0 Å². The maximum atomic E-state index is 12.5. The maximum absolute atomic E-state index is 12.5. The summed E-state index contributed by atoms with van der Waals surface area (Å²) in [6.07, 6.45) is 0.582. The molecule has 20 heavy (non-hydrogen) atoms. The van der Waals surface area contributed by atoms with Crippen molar-refractivity contribution in [3.63, 3.8) is 0 Å². The molecule has 2 fully saturated rings. The van der Waals surface area contributed by atoms with E-state index in [2.05, 4.69) is 17.1 Å². The highest BCUT2D eigenvalue weighted by Crippen LogP contribution is 2.18. The van der Waals surface area contributed by atoms with E-state index in [1.165, 1.54) is 0 Å². The first-order chi connectivity index (χ1) is 9.43. The fraction of sp³-hybridized carbons (Fsp3) is 0.923. The molecule has 1 amide bonds. The quantitative estimate of drug-likeness (QED) is 0.745. The lowest BCUT2D eigenvalue weighted by Gasteiger charge is -2.36. The second-order valence-electron chi connectivity index (χ2n) is 5.76. The number of hydrogen-bond donors (Lipinski definition) is 1. The van der Waals surface area contributed by atoms with Crippen LogP contribution in [0.3, 0.4) is 0 Å². The van der Waals surface area contributed by atoms with Gasteiger partial charge in [0.1, 0.15) is 0 Å². The molecule has 0 aromatic rings. The fourth-order valence-electron chi connectivity index (χ4n) is 3.04. The van der Waals surface area contributed by atoms with Crippen LogP contribution in [-0.2, 0) is 14.6 Å². The van der Waals surface area contributed by atoms with E-state index in [-0.39, 0.29) is 23.5 Å². The lowest BCUT2D eigenvalue weighted by atomic mass is 10.2. The van der Waals surface area contributed by atoms with Gasteiger partial charge in [0.15, 0.2) is 9.84 Å². The molecule has 2 atom stereocenters. The summed E-state index contributed by atoms with van der Waals surface area (Å²) in [6, 6.07) is 0.217. The van der Waals surface area contributed by atoms with Crippen molar-refractivity contribution >= 4 is 15.7 Å². The van der Waals surface area contributed by atoms with Crippen molar-refractivity contribution in [1.82, 2.24) is 15.1 Å². The van der Waals surface area contributed by atoms with Gasteiger partial charge in [-0.3, -0.25) is 9.69 Å². The second kappa shape index (κ2) is 6.41. The first-order valence-corrected chi connectivity index (χ1v) is 9.19. The molecule has 0 aromatic heterocycles. The minimum atomic E-state index is -2.95. The molecule has 0 aliphatic carbocycles. The van der Waals surface area contributed by atoms with Gasteiger partial charge in [-0.05, 0) is 20.3 Å². The van der Waals surface area contributed by atoms with Crippen molar-refractivity contribution in [2.24, 2.45) is 0 Å². The Balaban J connectivity index is 1.95. The number of carbonyl (C=O) groups excluding carboxylic acids is 1. The Morgan fingerprint density at radius 1 is 1.45 bits per heavy atom. The van der Waals surface area contributed by atoms with Gasteiger partial charge in [-0.1, -0.05) is 0 Å². The number of amides is 1. The zero-order chi connectivity index (χ0) is 14.8. The average molecular weight is 303 g/mol. The van der Waals surface area contributed by atoms with Crippen LogP contribution in [0, 0.1) is 0 Å². The maximum Gasteiger partial charge on any atom is 0.237 e. The summed E-state index contributed by atoms with van der Waals surface area (Å²) in [7, 11) is -2.95. The predicted octanol–water partition coefficient (Wildman–Crippen LogP) is -0.684. The smallest absolute Gasteiger partial charge is 0.237 e. The van der Waals surface area contributed by atoms with Gasteiger partial charge in [-0.2, -0.15) is 0 Å². The van der Waals surface area contributed by atoms with E-state index in [4.69, 9.17) is 0 Å². The number of rotatable bonds is 4. The van der Waals surface area contributed by atoms with Gasteiger partial charge in [-0.15, -0.1) is 0 Å². The van der Waals surface area contributed by atoms with Gasteiger partial charge in [0.2, 0.25) is 5.91 Å². The molecule has 7 heteroatoms. The highest BCUT2D eigenvalue weighted by atomic mass is 32.2. The van der Waals surface area contributed by atoms with E-state index in [0.29, 0.717) is 25.6 Å². The molecule has 116 valence electrons. The van der Waals surface area contributed by atoms with Crippen molar-refractivity contribution < 1.29 is 13.2 Å². The minimum absolute atomic E-state index is 0.0587. The highest BCUT2D eigenvalue weighted by Gasteiger charge is 2.34. The van der Waals surface area contributed by atoms with Crippen LogP contribution in [0.2, 0.25) is 0 Å². The van der Waals surface area contributed by atoms with Crippen LogP contribution in [0.1, 0.15) is 20.3 Å². The third-order valence-electron chi connectivity index (χ3n) is 4.29. The van der Waals surface area contributed by atoms with Crippen LogP contribution in [0.15, 0.2) is 0 Å². The number of hydrogen-bond acceptors (Lipinski definition) is 5. The van der Waals surface area contributed by atoms with E-state index in [0.717, 1.165) is 19.6 Å². The average Bonchev–Trinajstić information content (AvgIpc) is 2.73. The molecule has 0 bridgehead atoms. The van der Waals surface area contributed by atoms with Crippen molar-refractivity contribution in [1.29, 1.82) is 0 Å². The lowest BCUT2D eigenvalue weighted by Crippen LogP contribution is -2.54. The molecule has 2 saturated heterocycles. The Hall–Kier alpha value is -0.660. The predicted molar refractivity (Wildman–Crippen MR) is 78.4 cm³/mol. The Morgan fingerprint density at radius 3 is 2.75 bits per heavy atom. The summed E-state index contributed by atoms with van der Waals surface area (Å²) in [6.45, 7) is 7.68. The molecule has 0 spiro atoms.